The molecule has 2 nitrogen and oxygen atoms in total. The molecule has 0 spiro atoms. The number of nitrogens with one attached hydrogen (secondary N) is 1. The molecule has 1 atom stereocenters. The Balaban J connectivity index is 2.39. The third-order valence-electron chi connectivity index (χ3n) is 4.67. The average Bonchev–Trinajstić information content (AvgIpc) is 2.44. The van der Waals surface area contributed by atoms with Crippen molar-refractivity contribution in [2.75, 3.05) is 14.2 Å². The van der Waals surface area contributed by atoms with Crippen LogP contribution in [0, 0.1) is 13.8 Å². The van der Waals surface area contributed by atoms with Crippen molar-refractivity contribution in [3.63, 3.8) is 0 Å². The molecule has 1 aromatic carbocycles. The number of benzene rings is 1. The minimum atomic E-state index is -0.0362. The number of rotatable bonds is 4. The van der Waals surface area contributed by atoms with Crippen molar-refractivity contribution in [3.05, 3.63) is 34.9 Å². The quantitative estimate of drug-likeness (QED) is 0.887. The van der Waals surface area contributed by atoms with Crippen LogP contribution in [0.5, 0.6) is 0 Å². The van der Waals surface area contributed by atoms with E-state index in [4.69, 9.17) is 4.74 Å². The minimum absolute atomic E-state index is 0.0362. The molecule has 0 heterocycles. The van der Waals surface area contributed by atoms with Crippen LogP contribution in [-0.4, -0.2) is 19.8 Å². The summed E-state index contributed by atoms with van der Waals surface area (Å²) >= 11 is 0. The Morgan fingerprint density at radius 2 is 1.84 bits per heavy atom. The van der Waals surface area contributed by atoms with Crippen LogP contribution in [0.3, 0.4) is 0 Å². The number of methoxy groups -OCH3 is 1. The lowest BCUT2D eigenvalue weighted by Crippen LogP contribution is -2.46. The van der Waals surface area contributed by atoms with Crippen LogP contribution in [0.4, 0.5) is 0 Å². The third-order valence-corrected chi connectivity index (χ3v) is 4.67. The monoisotopic (exact) mass is 261 g/mol. The van der Waals surface area contributed by atoms with Gasteiger partial charge in [0.25, 0.3) is 0 Å². The van der Waals surface area contributed by atoms with Crippen molar-refractivity contribution in [2.24, 2.45) is 0 Å². The summed E-state index contributed by atoms with van der Waals surface area (Å²) in [5.41, 5.74) is 4.03. The lowest BCUT2D eigenvalue weighted by atomic mass is 9.75. The van der Waals surface area contributed by atoms with E-state index in [0.29, 0.717) is 0 Å². The van der Waals surface area contributed by atoms with Crippen LogP contribution in [0.25, 0.3) is 0 Å². The first kappa shape index (κ1) is 14.5. The van der Waals surface area contributed by atoms with Crippen LogP contribution < -0.4 is 5.32 Å². The van der Waals surface area contributed by atoms with Crippen molar-refractivity contribution >= 4 is 0 Å². The highest BCUT2D eigenvalue weighted by Crippen LogP contribution is 2.41. The second-order valence-electron chi connectivity index (χ2n) is 5.91. The molecule has 0 radical (unpaired) electrons. The molecule has 0 bridgehead atoms. The first-order valence-corrected chi connectivity index (χ1v) is 7.42. The van der Waals surface area contributed by atoms with Crippen LogP contribution in [-0.2, 0) is 4.74 Å². The molecule has 1 aromatic rings. The van der Waals surface area contributed by atoms with Gasteiger partial charge in [0.15, 0.2) is 0 Å². The van der Waals surface area contributed by atoms with Gasteiger partial charge < -0.3 is 10.1 Å². The lowest BCUT2D eigenvalue weighted by Gasteiger charge is -2.43. The van der Waals surface area contributed by atoms with Gasteiger partial charge in [-0.05, 0) is 44.9 Å². The van der Waals surface area contributed by atoms with E-state index in [-0.39, 0.29) is 11.6 Å². The number of ether oxygens (including phenoxy) is 1. The van der Waals surface area contributed by atoms with E-state index in [0.717, 1.165) is 12.8 Å². The van der Waals surface area contributed by atoms with Crippen molar-refractivity contribution in [1.82, 2.24) is 5.32 Å². The largest absolute Gasteiger partial charge is 0.376 e. The molecular weight excluding hydrogens is 234 g/mol. The highest BCUT2D eigenvalue weighted by atomic mass is 16.5. The lowest BCUT2D eigenvalue weighted by molar-refractivity contribution is -0.0672. The zero-order chi connectivity index (χ0) is 13.9. The molecule has 1 saturated carbocycles. The zero-order valence-electron chi connectivity index (χ0n) is 12.8. The van der Waals surface area contributed by atoms with E-state index >= 15 is 0 Å². The number of hydrogen-bond acceptors (Lipinski definition) is 2. The van der Waals surface area contributed by atoms with Crippen molar-refractivity contribution in [3.8, 4) is 0 Å². The maximum atomic E-state index is 6.02. The molecule has 0 saturated heterocycles. The summed E-state index contributed by atoms with van der Waals surface area (Å²) in [6.45, 7) is 4.36. The molecule has 19 heavy (non-hydrogen) atoms. The molecule has 1 fully saturated rings. The van der Waals surface area contributed by atoms with E-state index in [9.17, 15) is 0 Å². The molecule has 2 rings (SSSR count). The van der Waals surface area contributed by atoms with Crippen LogP contribution in [0.15, 0.2) is 18.2 Å². The standard InChI is InChI=1S/C17H27NO/c1-13-8-9-14(2)15(12-13)16(18-3)17(19-4)10-6-5-7-11-17/h8-9,12,16,18H,5-7,10-11H2,1-4H3. The molecule has 0 aliphatic heterocycles. The number of hydrogen-bond donors (Lipinski definition) is 1. The van der Waals surface area contributed by atoms with Gasteiger partial charge in [-0.3, -0.25) is 0 Å². The van der Waals surface area contributed by atoms with Crippen molar-refractivity contribution in [2.45, 2.75) is 57.6 Å². The zero-order valence-corrected chi connectivity index (χ0v) is 12.8. The van der Waals surface area contributed by atoms with E-state index < -0.39 is 0 Å². The second kappa shape index (κ2) is 6.06. The van der Waals surface area contributed by atoms with Gasteiger partial charge in [-0.2, -0.15) is 0 Å². The summed E-state index contributed by atoms with van der Waals surface area (Å²) in [6.07, 6.45) is 6.20. The van der Waals surface area contributed by atoms with Crippen LogP contribution >= 0.6 is 0 Å². The summed E-state index contributed by atoms with van der Waals surface area (Å²) in [5.74, 6) is 0. The predicted octanol–water partition coefficient (Wildman–Crippen LogP) is 3.91. The van der Waals surface area contributed by atoms with Gasteiger partial charge in [-0.1, -0.05) is 43.0 Å². The van der Waals surface area contributed by atoms with Gasteiger partial charge in [0.1, 0.15) is 0 Å². The highest BCUT2D eigenvalue weighted by Gasteiger charge is 2.40. The molecule has 1 aliphatic carbocycles. The fraction of sp³-hybridized carbons (Fsp3) is 0.647. The maximum Gasteiger partial charge on any atom is 0.0872 e. The number of likely N-dealkylation sites (N-methyl/N-ethyl adjacent to an activating group) is 1. The van der Waals surface area contributed by atoms with Gasteiger partial charge in [-0.15, -0.1) is 0 Å². The fourth-order valence-corrected chi connectivity index (χ4v) is 3.53. The van der Waals surface area contributed by atoms with Gasteiger partial charge >= 0.3 is 0 Å². The Morgan fingerprint density at radius 1 is 1.16 bits per heavy atom. The summed E-state index contributed by atoms with van der Waals surface area (Å²) in [4.78, 5) is 0. The smallest absolute Gasteiger partial charge is 0.0872 e. The van der Waals surface area contributed by atoms with Gasteiger partial charge in [0.05, 0.1) is 11.6 Å². The van der Waals surface area contributed by atoms with E-state index in [1.165, 1.54) is 36.0 Å². The summed E-state index contributed by atoms with van der Waals surface area (Å²) in [5, 5.41) is 3.52. The molecular formula is C17H27NO. The Bertz CT molecular complexity index is 421. The normalized spacial score (nSPS) is 20.2. The second-order valence-corrected chi connectivity index (χ2v) is 5.91. The summed E-state index contributed by atoms with van der Waals surface area (Å²) in [7, 11) is 3.93. The summed E-state index contributed by atoms with van der Waals surface area (Å²) in [6, 6.07) is 7.01. The van der Waals surface area contributed by atoms with Crippen LogP contribution in [0.1, 0.15) is 54.8 Å². The Hall–Kier alpha value is -0.860. The minimum Gasteiger partial charge on any atom is -0.376 e. The molecule has 1 aliphatic rings. The molecule has 1 unspecified atom stereocenters. The van der Waals surface area contributed by atoms with E-state index in [2.05, 4.69) is 44.4 Å². The first-order chi connectivity index (χ1) is 9.13. The predicted molar refractivity (Wildman–Crippen MR) is 80.5 cm³/mol. The maximum absolute atomic E-state index is 6.02. The highest BCUT2D eigenvalue weighted by molar-refractivity contribution is 5.35. The van der Waals surface area contributed by atoms with Gasteiger partial charge in [0, 0.05) is 7.11 Å². The Labute approximate surface area is 117 Å². The molecule has 1 N–H and O–H groups in total. The van der Waals surface area contributed by atoms with E-state index in [1.54, 1.807) is 0 Å². The Morgan fingerprint density at radius 3 is 2.42 bits per heavy atom. The third kappa shape index (κ3) is 2.85. The average molecular weight is 261 g/mol. The first-order valence-electron chi connectivity index (χ1n) is 7.42. The molecule has 0 amide bonds. The number of aryl methyl sites for hydroxylation is 2. The van der Waals surface area contributed by atoms with Gasteiger partial charge in [0.2, 0.25) is 0 Å². The molecule has 106 valence electrons. The van der Waals surface area contributed by atoms with Crippen molar-refractivity contribution in [1.29, 1.82) is 0 Å². The van der Waals surface area contributed by atoms with Gasteiger partial charge in [-0.25, -0.2) is 0 Å². The SMILES string of the molecule is CNC(c1cc(C)ccc1C)C1(OC)CCCCC1. The van der Waals surface area contributed by atoms with Crippen molar-refractivity contribution < 1.29 is 4.74 Å². The van der Waals surface area contributed by atoms with Crippen LogP contribution in [0.2, 0.25) is 0 Å². The summed E-state index contributed by atoms with van der Waals surface area (Å²) < 4.78 is 6.02. The fourth-order valence-electron chi connectivity index (χ4n) is 3.53. The van der Waals surface area contributed by atoms with E-state index in [1.807, 2.05) is 7.11 Å². The Kier molecular flexibility index (Phi) is 4.64. The molecule has 0 aromatic heterocycles. The molecule has 2 heteroatoms. The topological polar surface area (TPSA) is 21.3 Å².